The Morgan fingerprint density at radius 2 is 1.84 bits per heavy atom. The number of carbonyl (C=O) groups is 1. The van der Waals surface area contributed by atoms with E-state index in [0.717, 1.165) is 36.5 Å². The molecule has 1 N–H and O–H groups in total. The molecule has 3 atom stereocenters. The highest BCUT2D eigenvalue weighted by molar-refractivity contribution is 5.99. The van der Waals surface area contributed by atoms with Gasteiger partial charge in [-0.15, -0.1) is 0 Å². The Balaban J connectivity index is 1.42. The number of rotatable bonds is 4. The Bertz CT molecular complexity index is 1120. The van der Waals surface area contributed by atoms with Crippen molar-refractivity contribution in [1.29, 1.82) is 0 Å². The summed E-state index contributed by atoms with van der Waals surface area (Å²) in [6.07, 6.45) is 9.22. The molecule has 5 rings (SSSR count). The maximum absolute atomic E-state index is 13.6. The number of aryl methyl sites for hydroxylation is 2. The number of pyridine rings is 1. The van der Waals surface area contributed by atoms with Crippen molar-refractivity contribution in [3.05, 3.63) is 59.7 Å². The van der Waals surface area contributed by atoms with Crippen LogP contribution < -0.4 is 5.32 Å². The molecule has 8 nitrogen and oxygen atoms in total. The van der Waals surface area contributed by atoms with E-state index in [1.54, 1.807) is 24.7 Å². The van der Waals surface area contributed by atoms with E-state index in [1.807, 2.05) is 18.7 Å². The Morgan fingerprint density at radius 3 is 2.55 bits per heavy atom. The molecule has 1 amide bonds. The summed E-state index contributed by atoms with van der Waals surface area (Å²) in [6.45, 7) is 4.49. The maximum atomic E-state index is 13.6. The average Bonchev–Trinajstić information content (AvgIpc) is 3.36. The van der Waals surface area contributed by atoms with E-state index in [1.165, 1.54) is 0 Å². The lowest BCUT2D eigenvalue weighted by Crippen LogP contribution is -2.48. The summed E-state index contributed by atoms with van der Waals surface area (Å²) in [4.78, 5) is 36.6. The second-order valence-corrected chi connectivity index (χ2v) is 8.29. The largest absolute Gasteiger partial charge is 0.364 e. The molecule has 2 aliphatic rings. The smallest absolute Gasteiger partial charge is 0.256 e. The molecule has 1 aliphatic heterocycles. The zero-order valence-electron chi connectivity index (χ0n) is 17.3. The number of amides is 1. The molecule has 2 fully saturated rings. The van der Waals surface area contributed by atoms with Gasteiger partial charge < -0.3 is 10.2 Å². The molecule has 3 aromatic heterocycles. The van der Waals surface area contributed by atoms with Crippen molar-refractivity contribution in [3.63, 3.8) is 0 Å². The van der Waals surface area contributed by atoms with Crippen LogP contribution in [0.15, 0.2) is 37.1 Å². The summed E-state index contributed by atoms with van der Waals surface area (Å²) in [5.41, 5.74) is 2.53. The molecule has 4 heterocycles. The first kappa shape index (κ1) is 19.5. The van der Waals surface area contributed by atoms with Crippen LogP contribution in [0.5, 0.6) is 0 Å². The summed E-state index contributed by atoms with van der Waals surface area (Å²) in [7, 11) is 0. The summed E-state index contributed by atoms with van der Waals surface area (Å²) in [6, 6.07) is 1.98. The number of aromatic nitrogens is 5. The molecule has 3 aromatic rings. The van der Waals surface area contributed by atoms with Gasteiger partial charge in [0.2, 0.25) is 0 Å². The molecule has 0 radical (unpaired) electrons. The van der Waals surface area contributed by atoms with Gasteiger partial charge in [-0.05, 0) is 44.2 Å². The van der Waals surface area contributed by atoms with Gasteiger partial charge in [-0.3, -0.25) is 14.8 Å². The topological polar surface area (TPSA) is 96.8 Å². The predicted molar refractivity (Wildman–Crippen MR) is 112 cm³/mol. The minimum absolute atomic E-state index is 0.0584. The summed E-state index contributed by atoms with van der Waals surface area (Å²) >= 11 is 0. The minimum atomic E-state index is -0.534. The number of halogens is 1. The number of hydrogen-bond acceptors (Lipinski definition) is 7. The SMILES string of the molecule is Cc1cnc(-c2ncc(F)cn2)c(C(=O)N2CC3CC(Nc4cnc(C)cn4)C2C3)c1. The van der Waals surface area contributed by atoms with Crippen molar-refractivity contribution in [2.24, 2.45) is 5.92 Å². The van der Waals surface area contributed by atoms with Crippen molar-refractivity contribution < 1.29 is 9.18 Å². The molecule has 2 bridgehead atoms. The molecule has 3 unspecified atom stereocenters. The summed E-state index contributed by atoms with van der Waals surface area (Å²) in [5, 5.41) is 3.45. The first-order chi connectivity index (χ1) is 15.0. The molecule has 9 heteroatoms. The Labute approximate surface area is 179 Å². The lowest BCUT2D eigenvalue weighted by Gasteiger charge is -2.34. The van der Waals surface area contributed by atoms with Gasteiger partial charge in [0, 0.05) is 18.8 Å². The van der Waals surface area contributed by atoms with Crippen LogP contribution in [0.1, 0.15) is 34.5 Å². The molecule has 31 heavy (non-hydrogen) atoms. The van der Waals surface area contributed by atoms with Crippen LogP contribution >= 0.6 is 0 Å². The van der Waals surface area contributed by atoms with Crippen molar-refractivity contribution in [1.82, 2.24) is 29.8 Å². The fraction of sp³-hybridized carbons (Fsp3) is 0.364. The van der Waals surface area contributed by atoms with Crippen LogP contribution in [0, 0.1) is 25.6 Å². The van der Waals surface area contributed by atoms with Crippen molar-refractivity contribution in [2.45, 2.75) is 38.8 Å². The second-order valence-electron chi connectivity index (χ2n) is 8.29. The van der Waals surface area contributed by atoms with Gasteiger partial charge in [0.15, 0.2) is 11.6 Å². The van der Waals surface area contributed by atoms with Gasteiger partial charge >= 0.3 is 0 Å². The Hall–Kier alpha value is -3.49. The standard InChI is InChI=1S/C22H22FN7O/c1-12-3-16(20(26-6-12)21-27-8-15(23)9-28-21)22(31)30-11-14-4-17(18(30)5-14)29-19-10-24-13(2)7-25-19/h3,6-10,14,17-18H,4-5,11H2,1-2H3,(H,25,29). The van der Waals surface area contributed by atoms with E-state index >= 15 is 0 Å². The summed E-state index contributed by atoms with van der Waals surface area (Å²) < 4.78 is 13.3. The quantitative estimate of drug-likeness (QED) is 0.694. The fourth-order valence-corrected chi connectivity index (χ4v) is 4.57. The zero-order valence-corrected chi connectivity index (χ0v) is 17.3. The van der Waals surface area contributed by atoms with Crippen molar-refractivity contribution >= 4 is 11.7 Å². The van der Waals surface area contributed by atoms with Crippen LogP contribution in [-0.4, -0.2) is 54.4 Å². The number of hydrogen-bond donors (Lipinski definition) is 1. The number of nitrogens with zero attached hydrogens (tertiary/aromatic N) is 6. The highest BCUT2D eigenvalue weighted by Gasteiger charge is 2.47. The minimum Gasteiger partial charge on any atom is -0.364 e. The van der Waals surface area contributed by atoms with Gasteiger partial charge in [-0.25, -0.2) is 19.3 Å². The molecule has 1 saturated heterocycles. The third kappa shape index (κ3) is 3.71. The summed E-state index contributed by atoms with van der Waals surface area (Å²) in [5.74, 6) is 0.752. The van der Waals surface area contributed by atoms with E-state index in [-0.39, 0.29) is 23.8 Å². The zero-order chi connectivity index (χ0) is 21.5. The van der Waals surface area contributed by atoms with E-state index in [4.69, 9.17) is 0 Å². The molecular formula is C22H22FN7O. The maximum Gasteiger partial charge on any atom is 0.256 e. The highest BCUT2D eigenvalue weighted by atomic mass is 19.1. The molecule has 158 valence electrons. The number of nitrogens with one attached hydrogen (secondary N) is 1. The lowest BCUT2D eigenvalue weighted by molar-refractivity contribution is 0.0692. The first-order valence-electron chi connectivity index (χ1n) is 10.3. The van der Waals surface area contributed by atoms with Gasteiger partial charge in [0.1, 0.15) is 11.5 Å². The Kier molecular flexibility index (Phi) is 4.80. The Morgan fingerprint density at radius 1 is 1.03 bits per heavy atom. The van der Waals surface area contributed by atoms with Gasteiger partial charge in [-0.1, -0.05) is 0 Å². The average molecular weight is 419 g/mol. The normalized spacial score (nSPS) is 22.0. The van der Waals surface area contributed by atoms with Gasteiger partial charge in [0.05, 0.1) is 42.1 Å². The molecular weight excluding hydrogens is 397 g/mol. The predicted octanol–water partition coefficient (Wildman–Crippen LogP) is 2.80. The monoisotopic (exact) mass is 419 g/mol. The van der Waals surface area contributed by atoms with E-state index in [0.29, 0.717) is 29.5 Å². The van der Waals surface area contributed by atoms with E-state index in [2.05, 4.69) is 30.2 Å². The second kappa shape index (κ2) is 7.64. The molecule has 1 saturated carbocycles. The van der Waals surface area contributed by atoms with Crippen molar-refractivity contribution in [2.75, 3.05) is 11.9 Å². The number of carbonyl (C=O) groups excluding carboxylic acids is 1. The van der Waals surface area contributed by atoms with Crippen LogP contribution in [0.2, 0.25) is 0 Å². The first-order valence-corrected chi connectivity index (χ1v) is 10.3. The van der Waals surface area contributed by atoms with E-state index in [9.17, 15) is 9.18 Å². The van der Waals surface area contributed by atoms with Crippen LogP contribution in [0.3, 0.4) is 0 Å². The number of piperidine rings is 1. The number of fused-ring (bicyclic) bond motifs is 2. The van der Waals surface area contributed by atoms with E-state index < -0.39 is 5.82 Å². The lowest BCUT2D eigenvalue weighted by atomic mass is 10.0. The van der Waals surface area contributed by atoms with Crippen molar-refractivity contribution in [3.8, 4) is 11.5 Å². The molecule has 1 aliphatic carbocycles. The highest BCUT2D eigenvalue weighted by Crippen LogP contribution is 2.40. The molecule has 0 aromatic carbocycles. The third-order valence-corrected chi connectivity index (χ3v) is 5.94. The number of likely N-dealkylation sites (tertiary alicyclic amines) is 1. The van der Waals surface area contributed by atoms with Crippen LogP contribution in [-0.2, 0) is 0 Å². The fourth-order valence-electron chi connectivity index (χ4n) is 4.57. The number of anilines is 1. The molecule has 0 spiro atoms. The third-order valence-electron chi connectivity index (χ3n) is 5.94. The van der Waals surface area contributed by atoms with Crippen LogP contribution in [0.4, 0.5) is 10.2 Å². The van der Waals surface area contributed by atoms with Gasteiger partial charge in [-0.2, -0.15) is 0 Å². The van der Waals surface area contributed by atoms with Gasteiger partial charge in [0.25, 0.3) is 5.91 Å². The van der Waals surface area contributed by atoms with Crippen LogP contribution in [0.25, 0.3) is 11.5 Å².